The van der Waals surface area contributed by atoms with Crippen molar-refractivity contribution in [3.63, 3.8) is 0 Å². The van der Waals surface area contributed by atoms with Crippen LogP contribution in [0.1, 0.15) is 6.92 Å². The zero-order valence-electron chi connectivity index (χ0n) is 8.63. The first kappa shape index (κ1) is 12.5. The number of hydrogen-bond acceptors (Lipinski definition) is 3. The molecule has 1 aromatic carbocycles. The summed E-state index contributed by atoms with van der Waals surface area (Å²) in [5, 5.41) is 3.17. The Morgan fingerprint density at radius 2 is 2.27 bits per heavy atom. The Morgan fingerprint density at radius 1 is 1.53 bits per heavy atom. The minimum absolute atomic E-state index is 0.655. The second-order valence-electron chi connectivity index (χ2n) is 3.09. The maximum absolute atomic E-state index is 11.2. The topological polar surface area (TPSA) is 55.1 Å². The molecule has 0 aromatic heterocycles. The van der Waals surface area contributed by atoms with Crippen LogP contribution in [0.5, 0.6) is 0 Å². The molecular formula is C10H15BrN2OS. The number of nitrogen functional groups attached to an aromatic ring is 1. The summed E-state index contributed by atoms with van der Waals surface area (Å²) in [5.41, 5.74) is 7.37. The van der Waals surface area contributed by atoms with E-state index < -0.39 is 10.8 Å². The van der Waals surface area contributed by atoms with E-state index in [0.717, 1.165) is 10.2 Å². The Labute approximate surface area is 101 Å². The summed E-state index contributed by atoms with van der Waals surface area (Å²) < 4.78 is 12.2. The van der Waals surface area contributed by atoms with Gasteiger partial charge in [0.2, 0.25) is 0 Å². The molecule has 0 saturated carbocycles. The van der Waals surface area contributed by atoms with Crippen LogP contribution in [0, 0.1) is 0 Å². The molecule has 3 N–H and O–H groups in total. The molecule has 15 heavy (non-hydrogen) atoms. The van der Waals surface area contributed by atoms with E-state index in [1.165, 1.54) is 0 Å². The molecule has 1 atom stereocenters. The number of benzene rings is 1. The highest BCUT2D eigenvalue weighted by atomic mass is 79.9. The van der Waals surface area contributed by atoms with Crippen LogP contribution in [0.25, 0.3) is 0 Å². The standard InChI is InChI=1S/C10H15BrN2OS/c1-2-15(14)6-5-13-10-7-8(11)3-4-9(10)12/h3-4,7,13H,2,5-6,12H2,1H3. The molecule has 0 heterocycles. The van der Waals surface area contributed by atoms with E-state index in [1.54, 1.807) is 0 Å². The third kappa shape index (κ3) is 4.22. The maximum atomic E-state index is 11.2. The van der Waals surface area contributed by atoms with Crippen LogP contribution in [0.3, 0.4) is 0 Å². The first-order chi connectivity index (χ1) is 7.13. The van der Waals surface area contributed by atoms with Gasteiger partial charge in [-0.15, -0.1) is 0 Å². The summed E-state index contributed by atoms with van der Waals surface area (Å²) in [6, 6.07) is 5.65. The lowest BCUT2D eigenvalue weighted by Gasteiger charge is -2.09. The smallest absolute Gasteiger partial charge is 0.0585 e. The summed E-state index contributed by atoms with van der Waals surface area (Å²) in [7, 11) is -0.728. The third-order valence-electron chi connectivity index (χ3n) is 1.98. The van der Waals surface area contributed by atoms with E-state index in [0.29, 0.717) is 23.7 Å². The Hall–Kier alpha value is -0.550. The van der Waals surface area contributed by atoms with Crippen molar-refractivity contribution in [1.82, 2.24) is 0 Å². The van der Waals surface area contributed by atoms with E-state index in [4.69, 9.17) is 5.73 Å². The summed E-state index contributed by atoms with van der Waals surface area (Å²) >= 11 is 3.38. The van der Waals surface area contributed by atoms with Crippen LogP contribution in [0.2, 0.25) is 0 Å². The molecule has 1 rings (SSSR count). The van der Waals surface area contributed by atoms with E-state index >= 15 is 0 Å². The highest BCUT2D eigenvalue weighted by Gasteiger charge is 2.00. The molecule has 0 radical (unpaired) electrons. The normalized spacial score (nSPS) is 12.4. The van der Waals surface area contributed by atoms with Crippen LogP contribution < -0.4 is 11.1 Å². The number of halogens is 1. The maximum Gasteiger partial charge on any atom is 0.0585 e. The van der Waals surface area contributed by atoms with Gasteiger partial charge in [-0.05, 0) is 18.2 Å². The van der Waals surface area contributed by atoms with Gasteiger partial charge in [-0.2, -0.15) is 0 Å². The van der Waals surface area contributed by atoms with Gasteiger partial charge in [-0.1, -0.05) is 22.9 Å². The first-order valence-electron chi connectivity index (χ1n) is 4.77. The minimum Gasteiger partial charge on any atom is -0.397 e. The van der Waals surface area contributed by atoms with Crippen molar-refractivity contribution < 1.29 is 4.21 Å². The van der Waals surface area contributed by atoms with Crippen LogP contribution in [0.15, 0.2) is 22.7 Å². The summed E-state index contributed by atoms with van der Waals surface area (Å²) in [6.07, 6.45) is 0. The number of nitrogens with one attached hydrogen (secondary N) is 1. The molecule has 3 nitrogen and oxygen atoms in total. The SMILES string of the molecule is CCS(=O)CCNc1cc(Br)ccc1N. The fourth-order valence-corrected chi connectivity index (χ4v) is 2.10. The second-order valence-corrected chi connectivity index (χ2v) is 5.87. The molecule has 0 saturated heterocycles. The zero-order valence-corrected chi connectivity index (χ0v) is 11.0. The Bertz CT molecular complexity index is 357. The fraction of sp³-hybridized carbons (Fsp3) is 0.400. The van der Waals surface area contributed by atoms with E-state index in [2.05, 4.69) is 21.2 Å². The average Bonchev–Trinajstić information content (AvgIpc) is 2.23. The van der Waals surface area contributed by atoms with Gasteiger partial charge in [0.1, 0.15) is 0 Å². The molecule has 0 aliphatic rings. The molecular weight excluding hydrogens is 276 g/mol. The van der Waals surface area contributed by atoms with Gasteiger partial charge in [0.25, 0.3) is 0 Å². The molecule has 1 unspecified atom stereocenters. The van der Waals surface area contributed by atoms with Gasteiger partial charge in [-0.3, -0.25) is 4.21 Å². The van der Waals surface area contributed by atoms with Crippen molar-refractivity contribution in [3.8, 4) is 0 Å². The number of nitrogens with two attached hydrogens (primary N) is 1. The van der Waals surface area contributed by atoms with Crippen molar-refractivity contribution >= 4 is 38.1 Å². The van der Waals surface area contributed by atoms with Crippen molar-refractivity contribution in [2.75, 3.05) is 29.1 Å². The molecule has 0 spiro atoms. The molecule has 5 heteroatoms. The van der Waals surface area contributed by atoms with Gasteiger partial charge in [0, 0.05) is 33.3 Å². The monoisotopic (exact) mass is 290 g/mol. The molecule has 84 valence electrons. The van der Waals surface area contributed by atoms with E-state index in [9.17, 15) is 4.21 Å². The number of hydrogen-bond donors (Lipinski definition) is 2. The van der Waals surface area contributed by atoms with Crippen molar-refractivity contribution in [3.05, 3.63) is 22.7 Å². The van der Waals surface area contributed by atoms with Crippen LogP contribution >= 0.6 is 15.9 Å². The minimum atomic E-state index is -0.728. The zero-order chi connectivity index (χ0) is 11.3. The van der Waals surface area contributed by atoms with Crippen LogP contribution in [0.4, 0.5) is 11.4 Å². The van der Waals surface area contributed by atoms with Gasteiger partial charge in [-0.25, -0.2) is 0 Å². The Morgan fingerprint density at radius 3 is 2.93 bits per heavy atom. The van der Waals surface area contributed by atoms with Crippen LogP contribution in [-0.2, 0) is 10.8 Å². The predicted octanol–water partition coefficient (Wildman–Crippen LogP) is 2.21. The quantitative estimate of drug-likeness (QED) is 0.818. The molecule has 0 aliphatic carbocycles. The third-order valence-corrected chi connectivity index (χ3v) is 3.78. The molecule has 0 amide bonds. The lowest BCUT2D eigenvalue weighted by atomic mass is 10.3. The van der Waals surface area contributed by atoms with Gasteiger partial charge < -0.3 is 11.1 Å². The van der Waals surface area contributed by atoms with Gasteiger partial charge >= 0.3 is 0 Å². The van der Waals surface area contributed by atoms with Gasteiger partial charge in [0.15, 0.2) is 0 Å². The highest BCUT2D eigenvalue weighted by molar-refractivity contribution is 9.10. The lowest BCUT2D eigenvalue weighted by molar-refractivity contribution is 0.684. The van der Waals surface area contributed by atoms with Crippen molar-refractivity contribution in [1.29, 1.82) is 0 Å². The van der Waals surface area contributed by atoms with Crippen molar-refractivity contribution in [2.45, 2.75) is 6.92 Å². The summed E-state index contributed by atoms with van der Waals surface area (Å²) in [5.74, 6) is 1.36. The average molecular weight is 291 g/mol. The highest BCUT2D eigenvalue weighted by Crippen LogP contribution is 2.22. The first-order valence-corrected chi connectivity index (χ1v) is 7.05. The predicted molar refractivity (Wildman–Crippen MR) is 70.6 cm³/mol. The molecule has 0 aliphatic heterocycles. The molecule has 0 fully saturated rings. The number of rotatable bonds is 5. The van der Waals surface area contributed by atoms with Gasteiger partial charge in [0.05, 0.1) is 11.4 Å². The second kappa shape index (κ2) is 6.12. The van der Waals surface area contributed by atoms with Crippen LogP contribution in [-0.4, -0.2) is 22.3 Å². The Kier molecular flexibility index (Phi) is 5.11. The van der Waals surface area contributed by atoms with E-state index in [-0.39, 0.29) is 0 Å². The lowest BCUT2D eigenvalue weighted by Crippen LogP contribution is -2.12. The molecule has 1 aromatic rings. The number of anilines is 2. The fourth-order valence-electron chi connectivity index (χ4n) is 1.13. The molecule has 0 bridgehead atoms. The largest absolute Gasteiger partial charge is 0.397 e. The van der Waals surface area contributed by atoms with Crippen molar-refractivity contribution in [2.24, 2.45) is 0 Å². The Balaban J connectivity index is 2.50. The summed E-state index contributed by atoms with van der Waals surface area (Å²) in [4.78, 5) is 0. The van der Waals surface area contributed by atoms with E-state index in [1.807, 2.05) is 25.1 Å². The summed E-state index contributed by atoms with van der Waals surface area (Å²) in [6.45, 7) is 2.60.